The Hall–Kier alpha value is -0.580. The van der Waals surface area contributed by atoms with Crippen LogP contribution in [0.3, 0.4) is 0 Å². The predicted molar refractivity (Wildman–Crippen MR) is 78.3 cm³/mol. The molecular formula is C14H22BrNO2. The maximum Gasteiger partial charge on any atom is 0.138 e. The highest BCUT2D eigenvalue weighted by molar-refractivity contribution is 9.10. The Bertz CT molecular complexity index is 413. The van der Waals surface area contributed by atoms with Crippen LogP contribution in [0.5, 0.6) is 5.75 Å². The third-order valence-corrected chi connectivity index (χ3v) is 3.49. The maximum absolute atomic E-state index is 10.2. The van der Waals surface area contributed by atoms with E-state index in [1.165, 1.54) is 5.56 Å². The van der Waals surface area contributed by atoms with Crippen molar-refractivity contribution in [1.29, 1.82) is 0 Å². The molecular weight excluding hydrogens is 294 g/mol. The van der Waals surface area contributed by atoms with E-state index < -0.39 is 6.10 Å². The van der Waals surface area contributed by atoms with Gasteiger partial charge in [-0.2, -0.15) is 0 Å². The first kappa shape index (κ1) is 15.5. The third kappa shape index (κ3) is 3.46. The van der Waals surface area contributed by atoms with Gasteiger partial charge >= 0.3 is 0 Å². The van der Waals surface area contributed by atoms with E-state index in [2.05, 4.69) is 48.1 Å². The summed E-state index contributed by atoms with van der Waals surface area (Å²) < 4.78 is 6.25. The maximum atomic E-state index is 10.2. The topological polar surface area (TPSA) is 41.5 Å². The summed E-state index contributed by atoms with van der Waals surface area (Å²) in [5.74, 6) is 0.700. The van der Waals surface area contributed by atoms with E-state index in [-0.39, 0.29) is 5.41 Å². The van der Waals surface area contributed by atoms with E-state index in [1.54, 1.807) is 7.11 Å². The van der Waals surface area contributed by atoms with Gasteiger partial charge in [-0.05, 0) is 46.1 Å². The molecule has 0 aliphatic heterocycles. The summed E-state index contributed by atoms with van der Waals surface area (Å²) in [6.45, 7) is 6.94. The lowest BCUT2D eigenvalue weighted by atomic mass is 9.85. The van der Waals surface area contributed by atoms with Gasteiger partial charge in [0.15, 0.2) is 0 Å². The number of methoxy groups -OCH3 is 1. The van der Waals surface area contributed by atoms with E-state index >= 15 is 0 Å². The molecule has 102 valence electrons. The van der Waals surface area contributed by atoms with Crippen LogP contribution in [0.4, 0.5) is 0 Å². The molecule has 1 aromatic rings. The van der Waals surface area contributed by atoms with E-state index in [9.17, 15) is 5.11 Å². The lowest BCUT2D eigenvalue weighted by Gasteiger charge is -2.24. The van der Waals surface area contributed by atoms with Crippen LogP contribution in [0.1, 0.15) is 38.0 Å². The molecule has 0 aromatic heterocycles. The summed E-state index contributed by atoms with van der Waals surface area (Å²) >= 11 is 3.51. The SMILES string of the molecule is CNCC(O)c1cc(C(C)(C)C)cc(Br)c1OC. The fourth-order valence-corrected chi connectivity index (χ4v) is 2.45. The van der Waals surface area contributed by atoms with Gasteiger partial charge in [0.25, 0.3) is 0 Å². The molecule has 0 saturated carbocycles. The average Bonchev–Trinajstić information content (AvgIpc) is 2.27. The number of likely N-dealkylation sites (N-methyl/N-ethyl adjacent to an activating group) is 1. The van der Waals surface area contributed by atoms with E-state index in [1.807, 2.05) is 13.1 Å². The molecule has 0 bridgehead atoms. The van der Waals surface area contributed by atoms with Crippen LogP contribution < -0.4 is 10.1 Å². The van der Waals surface area contributed by atoms with Gasteiger partial charge in [-0.15, -0.1) is 0 Å². The van der Waals surface area contributed by atoms with Gasteiger partial charge in [-0.1, -0.05) is 20.8 Å². The van der Waals surface area contributed by atoms with Gasteiger partial charge in [0.05, 0.1) is 17.7 Å². The van der Waals surface area contributed by atoms with Crippen LogP contribution >= 0.6 is 15.9 Å². The highest BCUT2D eigenvalue weighted by Crippen LogP contribution is 2.37. The van der Waals surface area contributed by atoms with Crippen LogP contribution in [-0.2, 0) is 5.41 Å². The molecule has 0 saturated heterocycles. The van der Waals surface area contributed by atoms with Gasteiger partial charge in [0.1, 0.15) is 5.75 Å². The first-order valence-corrected chi connectivity index (χ1v) is 6.81. The Morgan fingerprint density at radius 3 is 2.44 bits per heavy atom. The average molecular weight is 316 g/mol. The standard InChI is InChI=1S/C14H22BrNO2/c1-14(2,3)9-6-10(12(17)8-16-4)13(18-5)11(15)7-9/h6-7,12,16-17H,8H2,1-5H3. The van der Waals surface area contributed by atoms with Gasteiger partial charge < -0.3 is 15.2 Å². The largest absolute Gasteiger partial charge is 0.495 e. The number of ether oxygens (including phenoxy) is 1. The van der Waals surface area contributed by atoms with Gasteiger partial charge in [-0.25, -0.2) is 0 Å². The molecule has 0 aliphatic rings. The number of hydrogen-bond acceptors (Lipinski definition) is 3. The number of rotatable bonds is 4. The molecule has 4 heteroatoms. The van der Waals surface area contributed by atoms with Crippen molar-refractivity contribution in [2.45, 2.75) is 32.3 Å². The second kappa shape index (κ2) is 6.04. The molecule has 3 nitrogen and oxygen atoms in total. The fraction of sp³-hybridized carbons (Fsp3) is 0.571. The zero-order valence-corrected chi connectivity index (χ0v) is 13.3. The monoisotopic (exact) mass is 315 g/mol. The molecule has 1 atom stereocenters. The van der Waals surface area contributed by atoms with E-state index in [0.29, 0.717) is 12.3 Å². The molecule has 1 aromatic carbocycles. The molecule has 2 N–H and O–H groups in total. The number of halogens is 1. The first-order chi connectivity index (χ1) is 8.31. The van der Waals surface area contributed by atoms with E-state index in [0.717, 1.165) is 10.0 Å². The van der Waals surface area contributed by atoms with Crippen LogP contribution in [0.2, 0.25) is 0 Å². The van der Waals surface area contributed by atoms with Crippen LogP contribution in [0, 0.1) is 0 Å². The number of hydrogen-bond donors (Lipinski definition) is 2. The van der Waals surface area contributed by atoms with Crippen molar-refractivity contribution >= 4 is 15.9 Å². The van der Waals surface area contributed by atoms with Crippen molar-refractivity contribution in [1.82, 2.24) is 5.32 Å². The lowest BCUT2D eigenvalue weighted by molar-refractivity contribution is 0.173. The molecule has 18 heavy (non-hydrogen) atoms. The van der Waals surface area contributed by atoms with Gasteiger partial charge in [-0.3, -0.25) is 0 Å². The molecule has 0 radical (unpaired) electrons. The van der Waals surface area contributed by atoms with Crippen LogP contribution in [0.15, 0.2) is 16.6 Å². The number of benzene rings is 1. The summed E-state index contributed by atoms with van der Waals surface area (Å²) in [4.78, 5) is 0. The Labute approximate surface area is 118 Å². The minimum Gasteiger partial charge on any atom is -0.495 e. The quantitative estimate of drug-likeness (QED) is 0.897. The van der Waals surface area contributed by atoms with Crippen LogP contribution in [0.25, 0.3) is 0 Å². The van der Waals surface area contributed by atoms with Crippen molar-refractivity contribution in [3.05, 3.63) is 27.7 Å². The van der Waals surface area contributed by atoms with Crippen molar-refractivity contribution in [2.75, 3.05) is 20.7 Å². The molecule has 0 aliphatic carbocycles. The highest BCUT2D eigenvalue weighted by Gasteiger charge is 2.21. The van der Waals surface area contributed by atoms with Crippen molar-refractivity contribution in [3.8, 4) is 5.75 Å². The molecule has 1 rings (SSSR count). The summed E-state index contributed by atoms with van der Waals surface area (Å²) in [6, 6.07) is 4.07. The zero-order valence-electron chi connectivity index (χ0n) is 11.7. The minimum absolute atomic E-state index is 0.0307. The Morgan fingerprint density at radius 2 is 2.00 bits per heavy atom. The van der Waals surface area contributed by atoms with Crippen molar-refractivity contribution < 1.29 is 9.84 Å². The summed E-state index contributed by atoms with van der Waals surface area (Å²) in [5.41, 5.74) is 2.01. The number of aliphatic hydroxyl groups is 1. The van der Waals surface area contributed by atoms with Crippen molar-refractivity contribution in [3.63, 3.8) is 0 Å². The van der Waals surface area contributed by atoms with Gasteiger partial charge in [0, 0.05) is 12.1 Å². The normalized spacial score (nSPS) is 13.5. The van der Waals surface area contributed by atoms with Crippen LogP contribution in [-0.4, -0.2) is 25.8 Å². The fourth-order valence-electron chi connectivity index (χ4n) is 1.81. The Balaban J connectivity index is 3.32. The molecule has 1 unspecified atom stereocenters. The summed E-state index contributed by atoms with van der Waals surface area (Å²) in [5, 5.41) is 13.2. The molecule has 0 spiro atoms. The number of aliphatic hydroxyl groups excluding tert-OH is 1. The second-order valence-electron chi connectivity index (χ2n) is 5.40. The van der Waals surface area contributed by atoms with Gasteiger partial charge in [0.2, 0.25) is 0 Å². The zero-order chi connectivity index (χ0) is 13.9. The van der Waals surface area contributed by atoms with Crippen molar-refractivity contribution in [2.24, 2.45) is 0 Å². The molecule has 0 fully saturated rings. The lowest BCUT2D eigenvalue weighted by Crippen LogP contribution is -2.19. The minimum atomic E-state index is -0.580. The summed E-state index contributed by atoms with van der Waals surface area (Å²) in [7, 11) is 3.44. The Kier molecular flexibility index (Phi) is 5.20. The summed E-state index contributed by atoms with van der Waals surface area (Å²) in [6.07, 6.45) is -0.580. The second-order valence-corrected chi connectivity index (χ2v) is 6.26. The molecule has 0 heterocycles. The predicted octanol–water partition coefficient (Wildman–Crippen LogP) is 3.01. The molecule has 0 amide bonds. The Morgan fingerprint density at radius 1 is 1.39 bits per heavy atom. The first-order valence-electron chi connectivity index (χ1n) is 6.01. The van der Waals surface area contributed by atoms with E-state index in [4.69, 9.17) is 4.74 Å². The number of nitrogens with one attached hydrogen (secondary N) is 1. The third-order valence-electron chi connectivity index (χ3n) is 2.90. The highest BCUT2D eigenvalue weighted by atomic mass is 79.9. The smallest absolute Gasteiger partial charge is 0.138 e.